The van der Waals surface area contributed by atoms with Crippen LogP contribution in [0.1, 0.15) is 70.8 Å². The molecule has 37 heavy (non-hydrogen) atoms. The maximum atomic E-state index is 13.5. The molecule has 4 rings (SSSR count). The number of fused-ring (bicyclic) bond motifs is 1. The number of nitrogens with one attached hydrogen (secondary N) is 3. The van der Waals surface area contributed by atoms with Gasteiger partial charge < -0.3 is 25.6 Å². The van der Waals surface area contributed by atoms with Crippen LogP contribution in [-0.2, 0) is 20.8 Å². The van der Waals surface area contributed by atoms with E-state index in [1.807, 2.05) is 25.1 Å². The highest BCUT2D eigenvalue weighted by Crippen LogP contribution is 2.34. The van der Waals surface area contributed by atoms with Crippen LogP contribution in [0.3, 0.4) is 0 Å². The molecule has 2 aliphatic carbocycles. The van der Waals surface area contributed by atoms with Gasteiger partial charge >= 0.3 is 0 Å². The van der Waals surface area contributed by atoms with E-state index >= 15 is 0 Å². The van der Waals surface area contributed by atoms with Gasteiger partial charge in [0, 0.05) is 20.1 Å². The number of nitrogens with zero attached hydrogens (tertiary/aromatic N) is 1. The normalized spacial score (nSPS) is 29.8. The van der Waals surface area contributed by atoms with Gasteiger partial charge in [-0.1, -0.05) is 37.5 Å². The fourth-order valence-electron chi connectivity index (χ4n) is 5.59. The van der Waals surface area contributed by atoms with Gasteiger partial charge in [-0.25, -0.2) is 0 Å². The highest BCUT2D eigenvalue weighted by Gasteiger charge is 2.40. The lowest BCUT2D eigenvalue weighted by molar-refractivity contribution is -0.141. The molecule has 0 unspecified atom stereocenters. The zero-order valence-electron chi connectivity index (χ0n) is 22.6. The summed E-state index contributed by atoms with van der Waals surface area (Å²) in [5, 5.41) is 9.55. The van der Waals surface area contributed by atoms with Crippen molar-refractivity contribution in [3.63, 3.8) is 0 Å². The van der Waals surface area contributed by atoms with Crippen LogP contribution in [0.4, 0.5) is 0 Å². The molecule has 0 spiro atoms. The summed E-state index contributed by atoms with van der Waals surface area (Å²) in [4.78, 5) is 41.6. The van der Waals surface area contributed by atoms with Gasteiger partial charge in [0.2, 0.25) is 17.7 Å². The number of benzene rings is 1. The molecule has 8 heteroatoms. The highest BCUT2D eigenvalue weighted by atomic mass is 16.5. The van der Waals surface area contributed by atoms with Crippen molar-refractivity contribution in [2.24, 2.45) is 11.8 Å². The summed E-state index contributed by atoms with van der Waals surface area (Å²) in [6.07, 6.45) is 8.60. The van der Waals surface area contributed by atoms with Crippen molar-refractivity contribution in [1.29, 1.82) is 0 Å². The van der Waals surface area contributed by atoms with Crippen LogP contribution in [0, 0.1) is 11.8 Å². The van der Waals surface area contributed by atoms with Crippen molar-refractivity contribution >= 4 is 17.7 Å². The quantitative estimate of drug-likeness (QED) is 0.566. The first-order valence-electron chi connectivity index (χ1n) is 14.2. The van der Waals surface area contributed by atoms with Gasteiger partial charge in [0.05, 0.1) is 6.04 Å². The number of amides is 3. The molecule has 0 bridgehead atoms. The zero-order valence-corrected chi connectivity index (χ0v) is 22.6. The minimum atomic E-state index is -0.672. The van der Waals surface area contributed by atoms with Crippen LogP contribution < -0.4 is 20.7 Å². The Balaban J connectivity index is 1.55. The topological polar surface area (TPSA) is 99.8 Å². The van der Waals surface area contributed by atoms with Crippen LogP contribution in [0.5, 0.6) is 5.75 Å². The Morgan fingerprint density at radius 2 is 1.57 bits per heavy atom. The van der Waals surface area contributed by atoms with Crippen LogP contribution >= 0.6 is 0 Å². The summed E-state index contributed by atoms with van der Waals surface area (Å²) in [6.45, 7) is 4.81. The van der Waals surface area contributed by atoms with Crippen molar-refractivity contribution in [3.8, 4) is 5.75 Å². The molecule has 1 aromatic carbocycles. The monoisotopic (exact) mass is 512 g/mol. The number of carbonyl (C=O) groups is 3. The average Bonchev–Trinajstić information content (AvgIpc) is 3.74. The lowest BCUT2D eigenvalue weighted by Crippen LogP contribution is -2.58. The number of hydrogen-bond acceptors (Lipinski definition) is 5. The lowest BCUT2D eigenvalue weighted by Gasteiger charge is -2.33. The minimum absolute atomic E-state index is 0.0856. The molecule has 0 radical (unpaired) electrons. The molecule has 4 atom stereocenters. The van der Waals surface area contributed by atoms with Gasteiger partial charge in [0.1, 0.15) is 23.9 Å². The molecular weight excluding hydrogens is 468 g/mol. The first-order chi connectivity index (χ1) is 17.8. The highest BCUT2D eigenvalue weighted by molar-refractivity contribution is 5.93. The zero-order chi connectivity index (χ0) is 26.4. The Morgan fingerprint density at radius 3 is 2.30 bits per heavy atom. The van der Waals surface area contributed by atoms with Gasteiger partial charge in [-0.05, 0) is 75.8 Å². The maximum Gasteiger partial charge on any atom is 0.243 e. The molecule has 8 nitrogen and oxygen atoms in total. The van der Waals surface area contributed by atoms with E-state index in [4.69, 9.17) is 4.74 Å². The summed E-state index contributed by atoms with van der Waals surface area (Å²) in [5.74, 6) is 0.749. The summed E-state index contributed by atoms with van der Waals surface area (Å²) < 4.78 is 6.27. The molecule has 1 aromatic rings. The van der Waals surface area contributed by atoms with E-state index in [0.717, 1.165) is 62.7 Å². The Morgan fingerprint density at radius 1 is 0.865 bits per heavy atom. The first kappa shape index (κ1) is 27.4. The van der Waals surface area contributed by atoms with Gasteiger partial charge in [0.15, 0.2) is 0 Å². The van der Waals surface area contributed by atoms with E-state index < -0.39 is 12.1 Å². The number of para-hydroxylation sites is 1. The number of ether oxygens (including phenoxy) is 1. The van der Waals surface area contributed by atoms with E-state index in [9.17, 15) is 14.4 Å². The third-order valence-electron chi connectivity index (χ3n) is 8.22. The van der Waals surface area contributed by atoms with Crippen LogP contribution in [0.2, 0.25) is 0 Å². The van der Waals surface area contributed by atoms with E-state index in [2.05, 4.69) is 22.0 Å². The summed E-state index contributed by atoms with van der Waals surface area (Å²) in [5.41, 5.74) is 1.10. The number of carbonyl (C=O) groups excluding carboxylic acids is 3. The Kier molecular flexibility index (Phi) is 9.46. The molecule has 204 valence electrons. The van der Waals surface area contributed by atoms with Gasteiger partial charge in [0.25, 0.3) is 0 Å². The molecule has 2 saturated carbocycles. The molecule has 3 aliphatic rings. The number of rotatable bonds is 2. The maximum absolute atomic E-state index is 13.5. The van der Waals surface area contributed by atoms with Crippen molar-refractivity contribution in [1.82, 2.24) is 20.9 Å². The number of aryl methyl sites for hydroxylation is 1. The summed E-state index contributed by atoms with van der Waals surface area (Å²) >= 11 is 0. The lowest BCUT2D eigenvalue weighted by atomic mass is 9.83. The third-order valence-corrected chi connectivity index (χ3v) is 8.22. The van der Waals surface area contributed by atoms with Crippen LogP contribution in [0.25, 0.3) is 0 Å². The number of hydrogen-bond donors (Lipinski definition) is 3. The molecule has 1 aliphatic heterocycles. The first-order valence-corrected chi connectivity index (χ1v) is 14.2. The standard InChI is InChI=1S/C29H44N4O4/c1-19-18-31-26(23-15-16-23)29(36)33(3)20(2)27(34)32-25(22-11-5-4-6-12-22)28(35)30-17-9-13-21-10-7-8-14-24(21)37-19/h7-8,10,14,19-20,22-23,25-26,31H,4-6,9,11-13,15-18H2,1-3H3,(H,30,35)(H,32,34)/t19-,20-,25-,26+/m1/s1. The Hall–Kier alpha value is -2.61. The second-order valence-corrected chi connectivity index (χ2v) is 11.2. The van der Waals surface area contributed by atoms with Crippen molar-refractivity contribution < 1.29 is 19.1 Å². The molecule has 3 N–H and O–H groups in total. The van der Waals surface area contributed by atoms with E-state index in [-0.39, 0.29) is 41.7 Å². The van der Waals surface area contributed by atoms with Crippen molar-refractivity contribution in [2.45, 2.75) is 95.9 Å². The number of likely N-dealkylation sites (N-methyl/N-ethyl adjacent to an activating group) is 1. The minimum Gasteiger partial charge on any atom is -0.489 e. The molecule has 1 heterocycles. The second kappa shape index (κ2) is 12.8. The van der Waals surface area contributed by atoms with Crippen LogP contribution in [-0.4, -0.2) is 67.0 Å². The Bertz CT molecular complexity index is 944. The Labute approximate surface area is 221 Å². The molecule has 0 saturated heterocycles. The predicted molar refractivity (Wildman–Crippen MR) is 143 cm³/mol. The molecule has 3 amide bonds. The van der Waals surface area contributed by atoms with Gasteiger partial charge in [-0.15, -0.1) is 0 Å². The second-order valence-electron chi connectivity index (χ2n) is 11.2. The van der Waals surface area contributed by atoms with Crippen LogP contribution in [0.15, 0.2) is 24.3 Å². The largest absolute Gasteiger partial charge is 0.489 e. The van der Waals surface area contributed by atoms with E-state index in [0.29, 0.717) is 13.1 Å². The van der Waals surface area contributed by atoms with E-state index in [1.165, 1.54) is 11.3 Å². The molecule has 0 aromatic heterocycles. The fraction of sp³-hybridized carbons (Fsp3) is 0.690. The van der Waals surface area contributed by atoms with Gasteiger partial charge in [-0.2, -0.15) is 0 Å². The SMILES string of the molecule is C[C@@H]1CN[C@@H](C2CC2)C(=O)N(C)[C@H](C)C(=O)N[C@H](C2CCCCC2)C(=O)NCCCc2ccccc2O1. The summed E-state index contributed by atoms with van der Waals surface area (Å²) in [6, 6.07) is 6.42. The smallest absolute Gasteiger partial charge is 0.243 e. The molecule has 2 fully saturated rings. The van der Waals surface area contributed by atoms with Crippen molar-refractivity contribution in [3.05, 3.63) is 29.8 Å². The average molecular weight is 513 g/mol. The van der Waals surface area contributed by atoms with E-state index in [1.54, 1.807) is 14.0 Å². The predicted octanol–water partition coefficient (Wildman–Crippen LogP) is 2.80. The molecular formula is C29H44N4O4. The summed E-state index contributed by atoms with van der Waals surface area (Å²) in [7, 11) is 1.69. The third kappa shape index (κ3) is 7.24. The van der Waals surface area contributed by atoms with Crippen molar-refractivity contribution in [2.75, 3.05) is 20.1 Å². The van der Waals surface area contributed by atoms with Gasteiger partial charge in [-0.3, -0.25) is 14.4 Å². The fourth-order valence-corrected chi connectivity index (χ4v) is 5.59.